The minimum absolute atomic E-state index is 0.0368. The van der Waals surface area contributed by atoms with Crippen LogP contribution in [0.5, 0.6) is 11.5 Å². The topological polar surface area (TPSA) is 54.0 Å². The Hall–Kier alpha value is -2.89. The van der Waals surface area contributed by atoms with E-state index < -0.39 is 0 Å². The molecule has 1 aliphatic rings. The zero-order valence-corrected chi connectivity index (χ0v) is 15.3. The molecule has 1 aliphatic heterocycles. The first-order chi connectivity index (χ1) is 12.7. The molecule has 2 amide bonds. The Bertz CT molecular complexity index is 725. The molecule has 2 aromatic carbocycles. The third-order valence-electron chi connectivity index (χ3n) is 4.63. The van der Waals surface area contributed by atoms with Crippen molar-refractivity contribution in [3.63, 3.8) is 0 Å². The van der Waals surface area contributed by atoms with Gasteiger partial charge >= 0.3 is 6.03 Å². The van der Waals surface area contributed by atoms with Gasteiger partial charge in [-0.2, -0.15) is 0 Å². The normalized spacial score (nSPS) is 14.1. The summed E-state index contributed by atoms with van der Waals surface area (Å²) >= 11 is 0. The van der Waals surface area contributed by atoms with Crippen molar-refractivity contribution in [2.75, 3.05) is 45.3 Å². The van der Waals surface area contributed by atoms with Crippen molar-refractivity contribution in [2.24, 2.45) is 0 Å². The Morgan fingerprint density at radius 3 is 2.31 bits per heavy atom. The van der Waals surface area contributed by atoms with Crippen molar-refractivity contribution < 1.29 is 14.3 Å². The van der Waals surface area contributed by atoms with Crippen LogP contribution in [0.15, 0.2) is 48.5 Å². The molecule has 1 fully saturated rings. The molecule has 0 atom stereocenters. The number of rotatable bonds is 5. The molecule has 0 radical (unpaired) electrons. The fourth-order valence-electron chi connectivity index (χ4n) is 3.09. The molecule has 1 saturated heterocycles. The fraction of sp³-hybridized carbons (Fsp3) is 0.350. The van der Waals surface area contributed by atoms with Gasteiger partial charge in [-0.15, -0.1) is 0 Å². The molecular formula is C20H25N3O3. The van der Waals surface area contributed by atoms with E-state index in [0.29, 0.717) is 19.6 Å². The lowest BCUT2D eigenvalue weighted by Gasteiger charge is -2.36. The van der Waals surface area contributed by atoms with Crippen LogP contribution in [0.2, 0.25) is 0 Å². The molecule has 1 N–H and O–H groups in total. The highest BCUT2D eigenvalue weighted by atomic mass is 16.5. The van der Waals surface area contributed by atoms with Crippen molar-refractivity contribution in [1.82, 2.24) is 10.2 Å². The number of methoxy groups -OCH3 is 2. The van der Waals surface area contributed by atoms with E-state index in [2.05, 4.69) is 22.3 Å². The molecule has 0 saturated carbocycles. The Kier molecular flexibility index (Phi) is 5.84. The summed E-state index contributed by atoms with van der Waals surface area (Å²) in [5.41, 5.74) is 2.13. The smallest absolute Gasteiger partial charge is 0.317 e. The van der Waals surface area contributed by atoms with Gasteiger partial charge in [0.25, 0.3) is 0 Å². The summed E-state index contributed by atoms with van der Waals surface area (Å²) in [5.74, 6) is 1.64. The Morgan fingerprint density at radius 2 is 1.65 bits per heavy atom. The van der Waals surface area contributed by atoms with Crippen LogP contribution < -0.4 is 19.7 Å². The van der Waals surface area contributed by atoms with Crippen LogP contribution in [0.1, 0.15) is 5.56 Å². The predicted molar refractivity (Wildman–Crippen MR) is 102 cm³/mol. The summed E-state index contributed by atoms with van der Waals surface area (Å²) in [4.78, 5) is 16.6. The van der Waals surface area contributed by atoms with Gasteiger partial charge in [-0.05, 0) is 30.3 Å². The highest BCUT2D eigenvalue weighted by molar-refractivity contribution is 5.74. The maximum Gasteiger partial charge on any atom is 0.317 e. The van der Waals surface area contributed by atoms with E-state index in [0.717, 1.165) is 35.8 Å². The quantitative estimate of drug-likeness (QED) is 0.896. The SMILES string of the molecule is COc1ccc(N2CCN(C(=O)NCc3ccccc3OC)CC2)cc1. The minimum Gasteiger partial charge on any atom is -0.497 e. The van der Waals surface area contributed by atoms with E-state index in [1.807, 2.05) is 41.3 Å². The Labute approximate surface area is 154 Å². The summed E-state index contributed by atoms with van der Waals surface area (Å²) < 4.78 is 10.5. The van der Waals surface area contributed by atoms with Gasteiger partial charge in [-0.3, -0.25) is 0 Å². The van der Waals surface area contributed by atoms with E-state index >= 15 is 0 Å². The first-order valence-electron chi connectivity index (χ1n) is 8.75. The summed E-state index contributed by atoms with van der Waals surface area (Å²) in [5, 5.41) is 2.99. The first kappa shape index (κ1) is 17.9. The molecule has 6 heteroatoms. The van der Waals surface area contributed by atoms with Crippen molar-refractivity contribution in [3.05, 3.63) is 54.1 Å². The molecule has 0 bridgehead atoms. The zero-order valence-electron chi connectivity index (χ0n) is 15.3. The number of hydrogen-bond acceptors (Lipinski definition) is 4. The largest absolute Gasteiger partial charge is 0.497 e. The third kappa shape index (κ3) is 4.20. The molecule has 1 heterocycles. The summed E-state index contributed by atoms with van der Waals surface area (Å²) in [6, 6.07) is 15.7. The number of carbonyl (C=O) groups is 1. The second-order valence-electron chi connectivity index (χ2n) is 6.14. The molecule has 138 valence electrons. The lowest BCUT2D eigenvalue weighted by Crippen LogP contribution is -2.51. The maximum absolute atomic E-state index is 12.4. The molecule has 26 heavy (non-hydrogen) atoms. The van der Waals surface area contributed by atoms with Crippen LogP contribution in [0.4, 0.5) is 10.5 Å². The maximum atomic E-state index is 12.4. The Balaban J connectivity index is 1.50. The van der Waals surface area contributed by atoms with Crippen LogP contribution in [-0.4, -0.2) is 51.3 Å². The summed E-state index contributed by atoms with van der Waals surface area (Å²) in [7, 11) is 3.30. The van der Waals surface area contributed by atoms with Crippen molar-refractivity contribution >= 4 is 11.7 Å². The van der Waals surface area contributed by atoms with Gasteiger partial charge in [-0.1, -0.05) is 18.2 Å². The first-order valence-corrected chi connectivity index (χ1v) is 8.75. The molecule has 2 aromatic rings. The van der Waals surface area contributed by atoms with E-state index in [9.17, 15) is 4.79 Å². The molecule has 0 unspecified atom stereocenters. The van der Waals surface area contributed by atoms with Crippen LogP contribution >= 0.6 is 0 Å². The number of piperazine rings is 1. The number of para-hydroxylation sites is 1. The Morgan fingerprint density at radius 1 is 0.962 bits per heavy atom. The number of benzene rings is 2. The average Bonchev–Trinajstić information content (AvgIpc) is 2.72. The monoisotopic (exact) mass is 355 g/mol. The van der Waals surface area contributed by atoms with Crippen molar-refractivity contribution in [2.45, 2.75) is 6.54 Å². The van der Waals surface area contributed by atoms with E-state index in [1.165, 1.54) is 0 Å². The third-order valence-corrected chi connectivity index (χ3v) is 4.63. The highest BCUT2D eigenvalue weighted by Gasteiger charge is 2.21. The lowest BCUT2D eigenvalue weighted by atomic mass is 10.2. The number of carbonyl (C=O) groups excluding carboxylic acids is 1. The number of ether oxygens (including phenoxy) is 2. The molecule has 0 spiro atoms. The van der Waals surface area contributed by atoms with E-state index in [4.69, 9.17) is 9.47 Å². The van der Waals surface area contributed by atoms with Crippen molar-refractivity contribution in [1.29, 1.82) is 0 Å². The van der Waals surface area contributed by atoms with Crippen LogP contribution in [0, 0.1) is 0 Å². The number of nitrogens with zero attached hydrogens (tertiary/aromatic N) is 2. The zero-order chi connectivity index (χ0) is 18.4. The molecule has 6 nitrogen and oxygen atoms in total. The summed E-state index contributed by atoms with van der Waals surface area (Å²) in [6.07, 6.45) is 0. The number of nitrogens with one attached hydrogen (secondary N) is 1. The van der Waals surface area contributed by atoms with Gasteiger partial charge in [-0.25, -0.2) is 4.79 Å². The average molecular weight is 355 g/mol. The van der Waals surface area contributed by atoms with Gasteiger partial charge in [0.05, 0.1) is 14.2 Å². The number of hydrogen-bond donors (Lipinski definition) is 1. The fourth-order valence-corrected chi connectivity index (χ4v) is 3.09. The summed E-state index contributed by atoms with van der Waals surface area (Å²) in [6.45, 7) is 3.48. The van der Waals surface area contributed by atoms with Gasteiger partial charge in [0.1, 0.15) is 11.5 Å². The molecule has 0 aromatic heterocycles. The van der Waals surface area contributed by atoms with Crippen molar-refractivity contribution in [3.8, 4) is 11.5 Å². The van der Waals surface area contributed by atoms with Gasteiger partial charge < -0.3 is 24.6 Å². The number of anilines is 1. The van der Waals surface area contributed by atoms with Gasteiger partial charge in [0, 0.05) is 44.0 Å². The molecule has 0 aliphatic carbocycles. The molecule has 3 rings (SSSR count). The standard InChI is InChI=1S/C20H25N3O3/c1-25-18-9-7-17(8-10-18)22-11-13-23(14-12-22)20(24)21-15-16-5-3-4-6-19(16)26-2/h3-10H,11-15H2,1-2H3,(H,21,24). The van der Waals surface area contributed by atoms with Crippen LogP contribution in [0.25, 0.3) is 0 Å². The molecular weight excluding hydrogens is 330 g/mol. The predicted octanol–water partition coefficient (Wildman–Crippen LogP) is 2.74. The van der Waals surface area contributed by atoms with E-state index in [-0.39, 0.29) is 6.03 Å². The van der Waals surface area contributed by atoms with Gasteiger partial charge in [0.2, 0.25) is 0 Å². The second-order valence-corrected chi connectivity index (χ2v) is 6.14. The van der Waals surface area contributed by atoms with Gasteiger partial charge in [0.15, 0.2) is 0 Å². The highest BCUT2D eigenvalue weighted by Crippen LogP contribution is 2.21. The lowest BCUT2D eigenvalue weighted by molar-refractivity contribution is 0.194. The number of urea groups is 1. The van der Waals surface area contributed by atoms with Crippen LogP contribution in [-0.2, 0) is 6.54 Å². The van der Waals surface area contributed by atoms with E-state index in [1.54, 1.807) is 14.2 Å². The van der Waals surface area contributed by atoms with Crippen LogP contribution in [0.3, 0.4) is 0 Å². The number of amides is 2. The second kappa shape index (κ2) is 8.47. The minimum atomic E-state index is -0.0368.